The van der Waals surface area contributed by atoms with Gasteiger partial charge in [-0.05, 0) is 43.9 Å². The lowest BCUT2D eigenvalue weighted by Gasteiger charge is -2.37. The van der Waals surface area contributed by atoms with Gasteiger partial charge in [-0.25, -0.2) is 0 Å². The third-order valence-electron chi connectivity index (χ3n) is 4.23. The number of nitrogens with two attached hydrogens (primary N) is 1. The average Bonchev–Trinajstić information content (AvgIpc) is 2.49. The number of likely N-dealkylation sites (tertiary alicyclic amines) is 1. The molecule has 2 N–H and O–H groups in total. The molecule has 6 heteroatoms. The number of nitro groups is 1. The summed E-state index contributed by atoms with van der Waals surface area (Å²) >= 11 is 0. The first kappa shape index (κ1) is 15.7. The van der Waals surface area contributed by atoms with Crippen LogP contribution in [-0.4, -0.2) is 36.1 Å². The summed E-state index contributed by atoms with van der Waals surface area (Å²) in [5.41, 5.74) is 6.76. The predicted octanol–water partition coefficient (Wildman–Crippen LogP) is 2.16. The maximum absolute atomic E-state index is 11.0. The number of nitro benzene ring substituents is 1. The van der Waals surface area contributed by atoms with Crippen LogP contribution in [0.5, 0.6) is 5.75 Å². The minimum absolute atomic E-state index is 0.0735. The van der Waals surface area contributed by atoms with E-state index >= 15 is 0 Å². The lowest BCUT2D eigenvalue weighted by molar-refractivity contribution is -0.385. The molecule has 0 radical (unpaired) electrons. The van der Waals surface area contributed by atoms with Crippen LogP contribution >= 0.6 is 0 Å². The molecule has 0 amide bonds. The minimum atomic E-state index is -0.381. The van der Waals surface area contributed by atoms with Crippen LogP contribution in [0.3, 0.4) is 0 Å². The predicted molar refractivity (Wildman–Crippen MR) is 81.3 cm³/mol. The number of methoxy groups -OCH3 is 1. The fourth-order valence-electron chi connectivity index (χ4n) is 2.87. The van der Waals surface area contributed by atoms with Crippen LogP contribution in [0.25, 0.3) is 0 Å². The van der Waals surface area contributed by atoms with Gasteiger partial charge in [0, 0.05) is 25.2 Å². The van der Waals surface area contributed by atoms with Crippen LogP contribution in [-0.2, 0) is 6.54 Å². The highest BCUT2D eigenvalue weighted by atomic mass is 16.6. The summed E-state index contributed by atoms with van der Waals surface area (Å²) in [5, 5.41) is 11.0. The van der Waals surface area contributed by atoms with E-state index in [2.05, 4.69) is 11.8 Å². The summed E-state index contributed by atoms with van der Waals surface area (Å²) in [5.74, 6) is 1.04. The molecule has 116 valence electrons. The Morgan fingerprint density at radius 3 is 2.81 bits per heavy atom. The van der Waals surface area contributed by atoms with Gasteiger partial charge in [-0.1, -0.05) is 0 Å². The Labute approximate surface area is 125 Å². The van der Waals surface area contributed by atoms with E-state index < -0.39 is 0 Å². The molecule has 0 aliphatic carbocycles. The smallest absolute Gasteiger partial charge is 0.273 e. The van der Waals surface area contributed by atoms with Gasteiger partial charge in [-0.15, -0.1) is 0 Å². The van der Waals surface area contributed by atoms with Crippen LogP contribution < -0.4 is 10.5 Å². The van der Waals surface area contributed by atoms with Gasteiger partial charge in [0.15, 0.2) is 0 Å². The average molecular weight is 293 g/mol. The molecule has 1 aliphatic heterocycles. The van der Waals surface area contributed by atoms with E-state index in [0.29, 0.717) is 30.8 Å². The SMILES string of the molecule is COc1cc(CN2CC(CN)CCC2C)cc([N+](=O)[O-])c1. The van der Waals surface area contributed by atoms with Crippen molar-refractivity contribution in [1.29, 1.82) is 0 Å². The van der Waals surface area contributed by atoms with Crippen molar-refractivity contribution in [3.63, 3.8) is 0 Å². The van der Waals surface area contributed by atoms with Crippen molar-refractivity contribution in [3.8, 4) is 5.75 Å². The number of hydrogen-bond acceptors (Lipinski definition) is 5. The number of hydrogen-bond donors (Lipinski definition) is 1. The molecule has 2 rings (SSSR count). The normalized spacial score (nSPS) is 23.0. The molecule has 1 aliphatic rings. The van der Waals surface area contributed by atoms with Gasteiger partial charge in [-0.3, -0.25) is 15.0 Å². The van der Waals surface area contributed by atoms with Crippen LogP contribution in [0.2, 0.25) is 0 Å². The molecule has 0 aromatic heterocycles. The van der Waals surface area contributed by atoms with Crippen molar-refractivity contribution >= 4 is 5.69 Å². The van der Waals surface area contributed by atoms with Gasteiger partial charge in [0.25, 0.3) is 5.69 Å². The molecule has 0 spiro atoms. The maximum Gasteiger partial charge on any atom is 0.273 e. The van der Waals surface area contributed by atoms with E-state index in [4.69, 9.17) is 10.5 Å². The van der Waals surface area contributed by atoms with E-state index in [1.165, 1.54) is 13.2 Å². The number of nitrogens with zero attached hydrogens (tertiary/aromatic N) is 2. The second-order valence-electron chi connectivity index (χ2n) is 5.75. The molecule has 1 aromatic carbocycles. The van der Waals surface area contributed by atoms with E-state index in [-0.39, 0.29) is 10.6 Å². The molecule has 2 unspecified atom stereocenters. The molecule has 21 heavy (non-hydrogen) atoms. The molecule has 1 saturated heterocycles. The van der Waals surface area contributed by atoms with Crippen molar-refractivity contribution in [1.82, 2.24) is 4.90 Å². The zero-order valence-corrected chi connectivity index (χ0v) is 12.6. The summed E-state index contributed by atoms with van der Waals surface area (Å²) < 4.78 is 5.16. The topological polar surface area (TPSA) is 81.6 Å². The van der Waals surface area contributed by atoms with Gasteiger partial charge in [0.2, 0.25) is 0 Å². The van der Waals surface area contributed by atoms with E-state index in [1.807, 2.05) is 6.07 Å². The lowest BCUT2D eigenvalue weighted by Crippen LogP contribution is -2.43. The second-order valence-corrected chi connectivity index (χ2v) is 5.75. The Morgan fingerprint density at radius 1 is 1.43 bits per heavy atom. The lowest BCUT2D eigenvalue weighted by atomic mass is 9.93. The van der Waals surface area contributed by atoms with Crippen LogP contribution in [0, 0.1) is 16.0 Å². The van der Waals surface area contributed by atoms with Gasteiger partial charge >= 0.3 is 0 Å². The highest BCUT2D eigenvalue weighted by Gasteiger charge is 2.25. The summed E-state index contributed by atoms with van der Waals surface area (Å²) in [7, 11) is 1.52. The number of ether oxygens (including phenoxy) is 1. The van der Waals surface area contributed by atoms with Gasteiger partial charge in [-0.2, -0.15) is 0 Å². The molecule has 2 atom stereocenters. The molecule has 1 aromatic rings. The summed E-state index contributed by atoms with van der Waals surface area (Å²) in [6.45, 7) is 4.53. The Morgan fingerprint density at radius 2 is 2.19 bits per heavy atom. The molecule has 1 fully saturated rings. The van der Waals surface area contributed by atoms with Crippen molar-refractivity contribution in [3.05, 3.63) is 33.9 Å². The first-order chi connectivity index (χ1) is 10.0. The third kappa shape index (κ3) is 3.92. The Bertz CT molecular complexity index is 507. The van der Waals surface area contributed by atoms with Crippen molar-refractivity contribution < 1.29 is 9.66 Å². The molecular formula is C15H23N3O3. The van der Waals surface area contributed by atoms with Gasteiger partial charge in [0.05, 0.1) is 18.1 Å². The molecule has 0 saturated carbocycles. The van der Waals surface area contributed by atoms with E-state index in [9.17, 15) is 10.1 Å². The molecule has 6 nitrogen and oxygen atoms in total. The molecule has 1 heterocycles. The second kappa shape index (κ2) is 6.87. The molecular weight excluding hydrogens is 270 g/mol. The third-order valence-corrected chi connectivity index (χ3v) is 4.23. The molecule has 0 bridgehead atoms. The Hall–Kier alpha value is -1.66. The first-order valence-electron chi connectivity index (χ1n) is 7.30. The first-order valence-corrected chi connectivity index (χ1v) is 7.30. The standard InChI is InChI=1S/C15H23N3O3/c1-11-3-4-12(8-16)9-17(11)10-13-5-14(18(19)20)7-15(6-13)21-2/h5-7,11-12H,3-4,8-10,16H2,1-2H3. The monoisotopic (exact) mass is 293 g/mol. The highest BCUT2D eigenvalue weighted by Crippen LogP contribution is 2.27. The summed E-state index contributed by atoms with van der Waals surface area (Å²) in [4.78, 5) is 13.0. The summed E-state index contributed by atoms with van der Waals surface area (Å²) in [6.07, 6.45) is 2.28. The van der Waals surface area contributed by atoms with E-state index in [1.54, 1.807) is 6.07 Å². The van der Waals surface area contributed by atoms with Crippen LogP contribution in [0.1, 0.15) is 25.3 Å². The van der Waals surface area contributed by atoms with Crippen molar-refractivity contribution in [2.75, 3.05) is 20.2 Å². The minimum Gasteiger partial charge on any atom is -0.496 e. The zero-order chi connectivity index (χ0) is 15.4. The van der Waals surface area contributed by atoms with Gasteiger partial charge < -0.3 is 10.5 Å². The number of benzene rings is 1. The van der Waals surface area contributed by atoms with Crippen LogP contribution in [0.4, 0.5) is 5.69 Å². The summed E-state index contributed by atoms with van der Waals surface area (Å²) in [6, 6.07) is 5.41. The van der Waals surface area contributed by atoms with Crippen molar-refractivity contribution in [2.24, 2.45) is 11.7 Å². The zero-order valence-electron chi connectivity index (χ0n) is 12.6. The largest absolute Gasteiger partial charge is 0.496 e. The number of non-ortho nitro benzene ring substituents is 1. The number of piperidine rings is 1. The van der Waals surface area contributed by atoms with Crippen molar-refractivity contribution in [2.45, 2.75) is 32.4 Å². The maximum atomic E-state index is 11.0. The highest BCUT2D eigenvalue weighted by molar-refractivity contribution is 5.42. The Balaban J connectivity index is 2.17. The fraction of sp³-hybridized carbons (Fsp3) is 0.600. The Kier molecular flexibility index (Phi) is 5.14. The fourth-order valence-corrected chi connectivity index (χ4v) is 2.87. The quantitative estimate of drug-likeness (QED) is 0.664. The van der Waals surface area contributed by atoms with Gasteiger partial charge in [0.1, 0.15) is 5.75 Å². The van der Waals surface area contributed by atoms with Crippen LogP contribution in [0.15, 0.2) is 18.2 Å². The number of rotatable bonds is 5. The van der Waals surface area contributed by atoms with E-state index in [0.717, 1.165) is 24.9 Å².